The molecule has 104 valence electrons. The molecule has 1 amide bonds. The summed E-state index contributed by atoms with van der Waals surface area (Å²) in [5, 5.41) is 11.2. The van der Waals surface area contributed by atoms with Gasteiger partial charge in [0, 0.05) is 23.9 Å². The smallest absolute Gasteiger partial charge is 0.303 e. The molecule has 0 unspecified atom stereocenters. The minimum atomic E-state index is -0.851. The second kappa shape index (κ2) is 7.89. The van der Waals surface area contributed by atoms with Gasteiger partial charge in [0.1, 0.15) is 5.82 Å². The van der Waals surface area contributed by atoms with Crippen LogP contribution in [0.1, 0.15) is 31.2 Å². The van der Waals surface area contributed by atoms with E-state index in [1.165, 1.54) is 12.1 Å². The Labute approximate surface area is 119 Å². The molecular formula is C13H15BrFNO3. The van der Waals surface area contributed by atoms with Gasteiger partial charge in [-0.25, -0.2) is 4.39 Å². The average molecular weight is 332 g/mol. The molecule has 0 fully saturated rings. The standard InChI is InChI=1S/C13H15BrFNO3/c14-11-7-10(15)6-5-9(11)8-16-12(17)3-1-2-4-13(18)19/h5-7H,1-4,8H2,(H,16,17)(H,18,19). The van der Waals surface area contributed by atoms with Gasteiger partial charge in [0.2, 0.25) is 5.91 Å². The van der Waals surface area contributed by atoms with Gasteiger partial charge in [-0.3, -0.25) is 9.59 Å². The molecular weight excluding hydrogens is 317 g/mol. The quantitative estimate of drug-likeness (QED) is 0.755. The van der Waals surface area contributed by atoms with Crippen LogP contribution in [0, 0.1) is 5.82 Å². The fourth-order valence-corrected chi connectivity index (χ4v) is 2.00. The average Bonchev–Trinajstić information content (AvgIpc) is 2.33. The Morgan fingerprint density at radius 1 is 1.26 bits per heavy atom. The number of rotatable bonds is 7. The molecule has 0 spiro atoms. The van der Waals surface area contributed by atoms with Crippen LogP contribution < -0.4 is 5.32 Å². The summed E-state index contributed by atoms with van der Waals surface area (Å²) >= 11 is 3.22. The number of carboxylic acid groups (broad SMARTS) is 1. The molecule has 4 nitrogen and oxygen atoms in total. The molecule has 0 heterocycles. The summed E-state index contributed by atoms with van der Waals surface area (Å²) in [6.45, 7) is 0.318. The van der Waals surface area contributed by atoms with E-state index in [9.17, 15) is 14.0 Å². The third kappa shape index (κ3) is 6.33. The fourth-order valence-electron chi connectivity index (χ4n) is 1.51. The van der Waals surface area contributed by atoms with Gasteiger partial charge >= 0.3 is 5.97 Å². The number of nitrogens with one attached hydrogen (secondary N) is 1. The van der Waals surface area contributed by atoms with E-state index < -0.39 is 5.97 Å². The minimum absolute atomic E-state index is 0.0801. The Bertz CT molecular complexity index is 465. The molecule has 0 saturated carbocycles. The summed E-state index contributed by atoms with van der Waals surface area (Å²) in [7, 11) is 0. The van der Waals surface area contributed by atoms with Gasteiger partial charge in [-0.05, 0) is 30.5 Å². The molecule has 0 aromatic heterocycles. The lowest BCUT2D eigenvalue weighted by atomic mass is 10.2. The zero-order valence-electron chi connectivity index (χ0n) is 10.3. The van der Waals surface area contributed by atoms with E-state index in [0.717, 1.165) is 5.56 Å². The van der Waals surface area contributed by atoms with Crippen LogP contribution in [0.25, 0.3) is 0 Å². The van der Waals surface area contributed by atoms with E-state index in [1.54, 1.807) is 6.07 Å². The van der Waals surface area contributed by atoms with Crippen LogP contribution in [0.15, 0.2) is 22.7 Å². The Morgan fingerprint density at radius 2 is 1.95 bits per heavy atom. The zero-order chi connectivity index (χ0) is 14.3. The van der Waals surface area contributed by atoms with Crippen molar-refractivity contribution in [2.24, 2.45) is 0 Å². The van der Waals surface area contributed by atoms with Gasteiger partial charge in [-0.15, -0.1) is 0 Å². The lowest BCUT2D eigenvalue weighted by Crippen LogP contribution is -2.22. The van der Waals surface area contributed by atoms with E-state index in [-0.39, 0.29) is 18.1 Å². The molecule has 0 aliphatic rings. The van der Waals surface area contributed by atoms with Crippen molar-refractivity contribution < 1.29 is 19.1 Å². The first-order valence-corrected chi connectivity index (χ1v) is 6.71. The van der Waals surface area contributed by atoms with Crippen LogP contribution in [0.4, 0.5) is 4.39 Å². The van der Waals surface area contributed by atoms with Crippen molar-refractivity contribution in [3.8, 4) is 0 Å². The molecule has 1 aromatic rings. The first kappa shape index (κ1) is 15.6. The number of aliphatic carboxylic acids is 1. The second-order valence-corrected chi connectivity index (χ2v) is 4.97. The minimum Gasteiger partial charge on any atom is -0.481 e. The summed E-state index contributed by atoms with van der Waals surface area (Å²) in [4.78, 5) is 21.8. The molecule has 1 aromatic carbocycles. The van der Waals surface area contributed by atoms with Crippen LogP contribution in [0.3, 0.4) is 0 Å². The van der Waals surface area contributed by atoms with Gasteiger partial charge in [0.15, 0.2) is 0 Å². The maximum absolute atomic E-state index is 12.9. The van der Waals surface area contributed by atoms with Crippen molar-refractivity contribution in [2.75, 3.05) is 0 Å². The molecule has 1 rings (SSSR count). The van der Waals surface area contributed by atoms with Crippen molar-refractivity contribution in [3.05, 3.63) is 34.1 Å². The number of unbranched alkanes of at least 4 members (excludes halogenated alkanes) is 1. The monoisotopic (exact) mass is 331 g/mol. The summed E-state index contributed by atoms with van der Waals surface area (Å²) in [6.07, 6.45) is 1.41. The van der Waals surface area contributed by atoms with Crippen molar-refractivity contribution >= 4 is 27.8 Å². The van der Waals surface area contributed by atoms with Gasteiger partial charge in [0.25, 0.3) is 0 Å². The Hall–Kier alpha value is -1.43. The highest BCUT2D eigenvalue weighted by molar-refractivity contribution is 9.10. The van der Waals surface area contributed by atoms with Crippen LogP contribution in [-0.2, 0) is 16.1 Å². The van der Waals surface area contributed by atoms with Crippen LogP contribution in [0.5, 0.6) is 0 Å². The number of carbonyl (C=O) groups is 2. The van der Waals surface area contributed by atoms with Gasteiger partial charge in [-0.1, -0.05) is 22.0 Å². The topological polar surface area (TPSA) is 66.4 Å². The van der Waals surface area contributed by atoms with Crippen LogP contribution >= 0.6 is 15.9 Å². The third-order valence-corrected chi connectivity index (χ3v) is 3.27. The molecule has 0 bridgehead atoms. The zero-order valence-corrected chi connectivity index (χ0v) is 11.9. The number of hydrogen-bond acceptors (Lipinski definition) is 2. The highest BCUT2D eigenvalue weighted by atomic mass is 79.9. The summed E-state index contributed by atoms with van der Waals surface area (Å²) < 4.78 is 13.5. The molecule has 2 N–H and O–H groups in total. The summed E-state index contributed by atoms with van der Waals surface area (Å²) in [5.41, 5.74) is 0.792. The third-order valence-electron chi connectivity index (χ3n) is 2.54. The maximum Gasteiger partial charge on any atom is 0.303 e. The second-order valence-electron chi connectivity index (χ2n) is 4.11. The Morgan fingerprint density at radius 3 is 2.58 bits per heavy atom. The molecule has 0 aliphatic carbocycles. The van der Waals surface area contributed by atoms with Crippen molar-refractivity contribution in [2.45, 2.75) is 32.2 Å². The van der Waals surface area contributed by atoms with Crippen molar-refractivity contribution in [1.82, 2.24) is 5.32 Å². The van der Waals surface area contributed by atoms with Crippen molar-refractivity contribution in [3.63, 3.8) is 0 Å². The van der Waals surface area contributed by atoms with Gasteiger partial charge in [-0.2, -0.15) is 0 Å². The predicted molar refractivity (Wildman–Crippen MR) is 72.1 cm³/mol. The molecule has 0 saturated heterocycles. The first-order valence-electron chi connectivity index (χ1n) is 5.91. The lowest BCUT2D eigenvalue weighted by molar-refractivity contribution is -0.137. The SMILES string of the molecule is O=C(O)CCCCC(=O)NCc1ccc(F)cc1Br. The van der Waals surface area contributed by atoms with Gasteiger partial charge in [0.05, 0.1) is 0 Å². The number of amides is 1. The lowest BCUT2D eigenvalue weighted by Gasteiger charge is -2.07. The highest BCUT2D eigenvalue weighted by Gasteiger charge is 2.05. The fraction of sp³-hybridized carbons (Fsp3) is 0.385. The maximum atomic E-state index is 12.9. The summed E-state index contributed by atoms with van der Waals surface area (Å²) in [5.74, 6) is -1.33. The van der Waals surface area contributed by atoms with E-state index in [0.29, 0.717) is 30.3 Å². The largest absolute Gasteiger partial charge is 0.481 e. The molecule has 0 aliphatic heterocycles. The normalized spacial score (nSPS) is 10.2. The molecule has 0 atom stereocenters. The number of halogens is 2. The Kier molecular flexibility index (Phi) is 6.49. The number of hydrogen-bond donors (Lipinski definition) is 2. The van der Waals surface area contributed by atoms with E-state index in [2.05, 4.69) is 21.2 Å². The van der Waals surface area contributed by atoms with Gasteiger partial charge < -0.3 is 10.4 Å². The van der Waals surface area contributed by atoms with E-state index in [1.807, 2.05) is 0 Å². The number of carboxylic acids is 1. The van der Waals surface area contributed by atoms with E-state index >= 15 is 0 Å². The predicted octanol–water partition coefficient (Wildman–Crippen LogP) is 2.85. The first-order chi connectivity index (χ1) is 8.99. The van der Waals surface area contributed by atoms with Crippen molar-refractivity contribution in [1.29, 1.82) is 0 Å². The van der Waals surface area contributed by atoms with E-state index in [4.69, 9.17) is 5.11 Å². The highest BCUT2D eigenvalue weighted by Crippen LogP contribution is 2.17. The number of carbonyl (C=O) groups excluding carboxylic acids is 1. The molecule has 19 heavy (non-hydrogen) atoms. The van der Waals surface area contributed by atoms with Crippen LogP contribution in [-0.4, -0.2) is 17.0 Å². The molecule has 6 heteroatoms. The number of benzene rings is 1. The Balaban J connectivity index is 2.28. The van der Waals surface area contributed by atoms with Crippen LogP contribution in [0.2, 0.25) is 0 Å². The summed E-state index contributed by atoms with van der Waals surface area (Å²) in [6, 6.07) is 4.28. The molecule has 0 radical (unpaired) electrons.